The molecular formula is C13H8BrF2NO4. The average molecular weight is 360 g/mol. The van der Waals surface area contributed by atoms with E-state index in [1.54, 1.807) is 12.1 Å². The summed E-state index contributed by atoms with van der Waals surface area (Å²) in [6.45, 7) is -0.361. The lowest BCUT2D eigenvalue weighted by Crippen LogP contribution is -1.98. The minimum Gasteiger partial charge on any atom is -0.454 e. The standard InChI is InChI=1S/C13H8BrF2NO4/c14-8-2-1-7(6-18)12(3-8)21-13-5-9(15)11(17(19)20)4-10(13)16/h1-5,18H,6H2. The summed E-state index contributed by atoms with van der Waals surface area (Å²) in [7, 11) is 0. The van der Waals surface area contributed by atoms with Crippen molar-refractivity contribution in [2.24, 2.45) is 0 Å². The highest BCUT2D eigenvalue weighted by Gasteiger charge is 2.20. The molecule has 0 unspecified atom stereocenters. The molecule has 0 atom stereocenters. The lowest BCUT2D eigenvalue weighted by atomic mass is 10.2. The summed E-state index contributed by atoms with van der Waals surface area (Å²) in [5.74, 6) is -2.69. The van der Waals surface area contributed by atoms with Crippen LogP contribution in [0.1, 0.15) is 5.56 Å². The molecule has 0 amide bonds. The van der Waals surface area contributed by atoms with Crippen LogP contribution in [0.2, 0.25) is 0 Å². The second-order valence-corrected chi connectivity index (χ2v) is 4.92. The van der Waals surface area contributed by atoms with Crippen LogP contribution in [0.25, 0.3) is 0 Å². The number of aliphatic hydroxyl groups excluding tert-OH is 1. The summed E-state index contributed by atoms with van der Waals surface area (Å²) in [5, 5.41) is 19.7. The van der Waals surface area contributed by atoms with Crippen molar-refractivity contribution in [3.05, 3.63) is 62.1 Å². The molecule has 0 spiro atoms. The maximum atomic E-state index is 13.7. The third kappa shape index (κ3) is 3.34. The first kappa shape index (κ1) is 15.3. The predicted molar refractivity (Wildman–Crippen MR) is 73.2 cm³/mol. The van der Waals surface area contributed by atoms with Gasteiger partial charge in [-0.05, 0) is 12.1 Å². The zero-order valence-corrected chi connectivity index (χ0v) is 11.9. The quantitative estimate of drug-likeness (QED) is 0.663. The van der Waals surface area contributed by atoms with E-state index in [0.29, 0.717) is 22.2 Å². The molecule has 0 aromatic heterocycles. The highest BCUT2D eigenvalue weighted by Crippen LogP contribution is 2.33. The molecule has 0 bridgehead atoms. The molecule has 8 heteroatoms. The van der Waals surface area contributed by atoms with E-state index in [1.807, 2.05) is 0 Å². The molecular weight excluding hydrogens is 352 g/mol. The Balaban J connectivity index is 2.43. The topological polar surface area (TPSA) is 72.6 Å². The van der Waals surface area contributed by atoms with Crippen LogP contribution in [0.5, 0.6) is 11.5 Å². The monoisotopic (exact) mass is 359 g/mol. The lowest BCUT2D eigenvalue weighted by Gasteiger charge is -2.11. The Bertz CT molecular complexity index is 709. The van der Waals surface area contributed by atoms with Gasteiger partial charge in [-0.1, -0.05) is 22.0 Å². The van der Waals surface area contributed by atoms with Crippen LogP contribution < -0.4 is 4.74 Å². The van der Waals surface area contributed by atoms with Crippen LogP contribution in [0.15, 0.2) is 34.8 Å². The second kappa shape index (κ2) is 6.15. The molecule has 0 heterocycles. The van der Waals surface area contributed by atoms with E-state index in [0.717, 1.165) is 0 Å². The second-order valence-electron chi connectivity index (χ2n) is 4.00. The van der Waals surface area contributed by atoms with Crippen LogP contribution in [0.3, 0.4) is 0 Å². The molecule has 2 aromatic carbocycles. The third-order valence-corrected chi connectivity index (χ3v) is 3.11. The Morgan fingerprint density at radius 3 is 2.52 bits per heavy atom. The molecule has 1 N–H and O–H groups in total. The number of rotatable bonds is 4. The molecule has 0 aliphatic rings. The van der Waals surface area contributed by atoms with E-state index in [-0.39, 0.29) is 12.4 Å². The van der Waals surface area contributed by atoms with Crippen LogP contribution in [-0.2, 0) is 6.61 Å². The van der Waals surface area contributed by atoms with Gasteiger partial charge in [0, 0.05) is 16.1 Å². The predicted octanol–water partition coefficient (Wildman–Crippen LogP) is 3.92. The van der Waals surface area contributed by atoms with E-state index in [2.05, 4.69) is 15.9 Å². The number of ether oxygens (including phenoxy) is 1. The summed E-state index contributed by atoms with van der Waals surface area (Å²) < 4.78 is 33.0. The zero-order chi connectivity index (χ0) is 15.6. The summed E-state index contributed by atoms with van der Waals surface area (Å²) in [6.07, 6.45) is 0. The molecule has 5 nitrogen and oxygen atoms in total. The smallest absolute Gasteiger partial charge is 0.307 e. The van der Waals surface area contributed by atoms with Gasteiger partial charge in [0.05, 0.1) is 17.6 Å². The lowest BCUT2D eigenvalue weighted by molar-refractivity contribution is -0.387. The Kier molecular flexibility index (Phi) is 4.49. The van der Waals surface area contributed by atoms with Gasteiger partial charge in [-0.15, -0.1) is 0 Å². The molecule has 0 aliphatic heterocycles. The minimum atomic E-state index is -1.21. The summed E-state index contributed by atoms with van der Waals surface area (Å²) in [6, 6.07) is 5.69. The molecule has 0 saturated carbocycles. The number of halogens is 3. The van der Waals surface area contributed by atoms with Gasteiger partial charge in [-0.3, -0.25) is 10.1 Å². The highest BCUT2D eigenvalue weighted by atomic mass is 79.9. The number of hydrogen-bond acceptors (Lipinski definition) is 4. The number of benzene rings is 2. The van der Waals surface area contributed by atoms with Crippen molar-refractivity contribution in [3.63, 3.8) is 0 Å². The van der Waals surface area contributed by atoms with E-state index in [4.69, 9.17) is 4.74 Å². The van der Waals surface area contributed by atoms with Crippen LogP contribution in [-0.4, -0.2) is 10.0 Å². The minimum absolute atomic E-state index is 0.110. The number of hydrogen-bond donors (Lipinski definition) is 1. The molecule has 0 aliphatic carbocycles. The van der Waals surface area contributed by atoms with Crippen LogP contribution in [0, 0.1) is 21.7 Å². The van der Waals surface area contributed by atoms with Crippen molar-refractivity contribution in [1.29, 1.82) is 0 Å². The normalized spacial score (nSPS) is 10.5. The molecule has 0 radical (unpaired) electrons. The van der Waals surface area contributed by atoms with E-state index in [9.17, 15) is 24.0 Å². The first-order chi connectivity index (χ1) is 9.92. The molecule has 2 aromatic rings. The van der Waals surface area contributed by atoms with Crippen molar-refractivity contribution in [2.75, 3.05) is 0 Å². The number of nitrogens with zero attached hydrogens (tertiary/aromatic N) is 1. The zero-order valence-electron chi connectivity index (χ0n) is 10.3. The Labute approximate surface area is 126 Å². The van der Waals surface area contributed by atoms with Crippen molar-refractivity contribution in [3.8, 4) is 11.5 Å². The SMILES string of the molecule is O=[N+]([O-])c1cc(F)c(Oc2cc(Br)ccc2CO)cc1F. The molecule has 21 heavy (non-hydrogen) atoms. The molecule has 110 valence electrons. The van der Waals surface area contributed by atoms with Gasteiger partial charge >= 0.3 is 5.69 Å². The Morgan fingerprint density at radius 2 is 1.90 bits per heavy atom. The highest BCUT2D eigenvalue weighted by molar-refractivity contribution is 9.10. The van der Waals surface area contributed by atoms with Crippen molar-refractivity contribution >= 4 is 21.6 Å². The van der Waals surface area contributed by atoms with E-state index < -0.39 is 28.0 Å². The fourth-order valence-electron chi connectivity index (χ4n) is 1.61. The summed E-state index contributed by atoms with van der Waals surface area (Å²) >= 11 is 3.18. The van der Waals surface area contributed by atoms with Gasteiger partial charge in [0.15, 0.2) is 11.6 Å². The maximum Gasteiger partial charge on any atom is 0.307 e. The van der Waals surface area contributed by atoms with Gasteiger partial charge in [0.1, 0.15) is 5.75 Å². The first-order valence-electron chi connectivity index (χ1n) is 5.63. The molecule has 0 fully saturated rings. The fraction of sp³-hybridized carbons (Fsp3) is 0.0769. The first-order valence-corrected chi connectivity index (χ1v) is 6.42. The Morgan fingerprint density at radius 1 is 1.19 bits per heavy atom. The van der Waals surface area contributed by atoms with Crippen molar-refractivity contribution in [2.45, 2.75) is 6.61 Å². The largest absolute Gasteiger partial charge is 0.454 e. The maximum absolute atomic E-state index is 13.7. The van der Waals surface area contributed by atoms with Crippen LogP contribution >= 0.6 is 15.9 Å². The fourth-order valence-corrected chi connectivity index (χ4v) is 1.95. The number of aliphatic hydroxyl groups is 1. The summed E-state index contributed by atoms with van der Waals surface area (Å²) in [5.41, 5.74) is -0.618. The van der Waals surface area contributed by atoms with E-state index >= 15 is 0 Å². The van der Waals surface area contributed by atoms with Crippen LogP contribution in [0.4, 0.5) is 14.5 Å². The number of nitro benzene ring substituents is 1. The van der Waals surface area contributed by atoms with Gasteiger partial charge in [-0.25, -0.2) is 4.39 Å². The number of nitro groups is 1. The Hall–Kier alpha value is -2.06. The molecule has 0 saturated heterocycles. The van der Waals surface area contributed by atoms with Gasteiger partial charge in [-0.2, -0.15) is 4.39 Å². The average Bonchev–Trinajstić information content (AvgIpc) is 2.42. The molecule has 2 rings (SSSR count). The van der Waals surface area contributed by atoms with Crippen molar-refractivity contribution in [1.82, 2.24) is 0 Å². The van der Waals surface area contributed by atoms with Crippen molar-refractivity contribution < 1.29 is 23.5 Å². The van der Waals surface area contributed by atoms with Gasteiger partial charge < -0.3 is 9.84 Å². The van der Waals surface area contributed by atoms with E-state index in [1.165, 1.54) is 6.07 Å². The van der Waals surface area contributed by atoms with Gasteiger partial charge in [0.25, 0.3) is 0 Å². The van der Waals surface area contributed by atoms with Gasteiger partial charge in [0.2, 0.25) is 5.82 Å². The summed E-state index contributed by atoms with van der Waals surface area (Å²) in [4.78, 5) is 9.48. The third-order valence-electron chi connectivity index (χ3n) is 2.62.